The number of hydrogen-bond acceptors (Lipinski definition) is 2. The molecule has 0 fully saturated rings. The third-order valence-electron chi connectivity index (χ3n) is 2.64. The fraction of sp³-hybridized carbons (Fsp3) is 0.429. The lowest BCUT2D eigenvalue weighted by Crippen LogP contribution is -2.43. The fourth-order valence-corrected chi connectivity index (χ4v) is 2.01. The highest BCUT2D eigenvalue weighted by Gasteiger charge is 2.13. The molecule has 0 saturated carbocycles. The number of halogens is 2. The van der Waals surface area contributed by atoms with Crippen LogP contribution in [0.25, 0.3) is 0 Å². The second-order valence-electron chi connectivity index (χ2n) is 4.82. The van der Waals surface area contributed by atoms with Crippen molar-refractivity contribution in [3.8, 4) is 0 Å². The lowest BCUT2D eigenvalue weighted by Gasteiger charge is -2.22. The molecule has 5 nitrogen and oxygen atoms in total. The number of nitrogens with zero attached hydrogens (tertiary/aromatic N) is 1. The minimum Gasteiger partial charge on any atom is -0.336 e. The summed E-state index contributed by atoms with van der Waals surface area (Å²) in [4.78, 5) is 24.7. The number of hydrogen-bond donors (Lipinski definition) is 2. The first-order valence-electron chi connectivity index (χ1n) is 6.58. The average molecular weight is 332 g/mol. The Labute approximate surface area is 134 Å². The van der Waals surface area contributed by atoms with Crippen LogP contribution in [0.3, 0.4) is 0 Å². The highest BCUT2D eigenvalue weighted by molar-refractivity contribution is 6.42. The predicted octanol–water partition coefficient (Wildman–Crippen LogP) is 3.05. The van der Waals surface area contributed by atoms with Gasteiger partial charge >= 0.3 is 6.03 Å². The molecule has 7 heteroatoms. The second kappa shape index (κ2) is 8.10. The maximum Gasteiger partial charge on any atom is 0.315 e. The Balaban J connectivity index is 2.64. The topological polar surface area (TPSA) is 61.4 Å². The van der Waals surface area contributed by atoms with Gasteiger partial charge in [-0.3, -0.25) is 4.79 Å². The summed E-state index contributed by atoms with van der Waals surface area (Å²) in [6.07, 6.45) is 0. The minimum atomic E-state index is -0.261. The van der Waals surface area contributed by atoms with Crippen molar-refractivity contribution >= 4 is 40.8 Å². The summed E-state index contributed by atoms with van der Waals surface area (Å²) in [6, 6.07) is 4.77. The molecular formula is C14H19Cl2N3O2. The van der Waals surface area contributed by atoms with Gasteiger partial charge in [0.15, 0.2) is 0 Å². The number of carbonyl (C=O) groups excluding carboxylic acids is 2. The van der Waals surface area contributed by atoms with Crippen LogP contribution in [-0.2, 0) is 4.79 Å². The van der Waals surface area contributed by atoms with E-state index in [0.717, 1.165) is 0 Å². The first-order valence-corrected chi connectivity index (χ1v) is 7.34. The van der Waals surface area contributed by atoms with Crippen molar-refractivity contribution in [3.63, 3.8) is 0 Å². The van der Waals surface area contributed by atoms with E-state index in [2.05, 4.69) is 10.6 Å². The molecule has 21 heavy (non-hydrogen) atoms. The molecule has 0 saturated heterocycles. The maximum atomic E-state index is 11.7. The van der Waals surface area contributed by atoms with Gasteiger partial charge < -0.3 is 15.5 Å². The molecular weight excluding hydrogens is 313 g/mol. The number of anilines is 1. The van der Waals surface area contributed by atoms with Crippen LogP contribution < -0.4 is 15.5 Å². The fourth-order valence-electron chi connectivity index (χ4n) is 1.72. The van der Waals surface area contributed by atoms with E-state index in [4.69, 9.17) is 23.2 Å². The molecule has 0 aliphatic rings. The molecule has 1 aromatic rings. The zero-order chi connectivity index (χ0) is 16.0. The van der Waals surface area contributed by atoms with Crippen molar-refractivity contribution in [2.24, 2.45) is 0 Å². The summed E-state index contributed by atoms with van der Waals surface area (Å²) in [5.41, 5.74) is 0.642. The van der Waals surface area contributed by atoms with E-state index >= 15 is 0 Å². The van der Waals surface area contributed by atoms with Gasteiger partial charge in [-0.05, 0) is 32.0 Å². The van der Waals surface area contributed by atoms with Gasteiger partial charge in [0.1, 0.15) is 0 Å². The van der Waals surface area contributed by atoms with Crippen LogP contribution in [0, 0.1) is 0 Å². The number of benzene rings is 1. The van der Waals surface area contributed by atoms with E-state index in [9.17, 15) is 9.59 Å². The van der Waals surface area contributed by atoms with Gasteiger partial charge in [0.05, 0.1) is 10.0 Å². The van der Waals surface area contributed by atoms with Crippen LogP contribution in [0.15, 0.2) is 18.2 Å². The quantitative estimate of drug-likeness (QED) is 0.871. The normalized spacial score (nSPS) is 10.4. The number of urea groups is 1. The van der Waals surface area contributed by atoms with Crippen molar-refractivity contribution in [2.45, 2.75) is 26.8 Å². The molecule has 1 aromatic carbocycles. The second-order valence-corrected chi connectivity index (χ2v) is 5.64. The lowest BCUT2D eigenvalue weighted by molar-refractivity contribution is -0.116. The molecule has 116 valence electrons. The molecule has 0 aliphatic heterocycles. The molecule has 0 radical (unpaired) electrons. The first-order chi connectivity index (χ1) is 9.81. The molecule has 1 rings (SSSR count). The van der Waals surface area contributed by atoms with Crippen molar-refractivity contribution in [1.82, 2.24) is 10.6 Å². The Morgan fingerprint density at radius 1 is 1.24 bits per heavy atom. The number of carbonyl (C=O) groups is 2. The monoisotopic (exact) mass is 331 g/mol. The van der Waals surface area contributed by atoms with Gasteiger partial charge in [-0.15, -0.1) is 0 Å². The molecule has 0 atom stereocenters. The first kappa shape index (κ1) is 17.6. The van der Waals surface area contributed by atoms with Crippen LogP contribution in [0.4, 0.5) is 10.5 Å². The number of nitrogens with one attached hydrogen (secondary N) is 2. The van der Waals surface area contributed by atoms with E-state index < -0.39 is 0 Å². The Hall–Kier alpha value is -1.46. The standard InChI is InChI=1S/C14H19Cl2N3O2/c1-9(2)18-14(21)17-6-7-19(10(3)20)11-4-5-12(15)13(16)8-11/h4-5,8-9H,6-7H2,1-3H3,(H2,17,18,21). The van der Waals surface area contributed by atoms with Crippen molar-refractivity contribution < 1.29 is 9.59 Å². The molecule has 0 aromatic heterocycles. The largest absolute Gasteiger partial charge is 0.336 e. The molecule has 0 unspecified atom stereocenters. The maximum absolute atomic E-state index is 11.7. The van der Waals surface area contributed by atoms with Gasteiger partial charge in [0, 0.05) is 31.7 Å². The zero-order valence-corrected chi connectivity index (χ0v) is 13.8. The predicted molar refractivity (Wildman–Crippen MR) is 86.2 cm³/mol. The van der Waals surface area contributed by atoms with Crippen LogP contribution in [-0.4, -0.2) is 31.1 Å². The number of amides is 3. The summed E-state index contributed by atoms with van der Waals surface area (Å²) in [6.45, 7) is 5.88. The third-order valence-corrected chi connectivity index (χ3v) is 3.37. The molecule has 3 amide bonds. The smallest absolute Gasteiger partial charge is 0.315 e. The van der Waals surface area contributed by atoms with Crippen LogP contribution in [0.2, 0.25) is 10.0 Å². The average Bonchev–Trinajstić information content (AvgIpc) is 2.37. The Morgan fingerprint density at radius 2 is 1.90 bits per heavy atom. The van der Waals surface area contributed by atoms with E-state index in [1.165, 1.54) is 11.8 Å². The summed E-state index contributed by atoms with van der Waals surface area (Å²) >= 11 is 11.8. The molecule has 0 spiro atoms. The summed E-state index contributed by atoms with van der Waals surface area (Å²) < 4.78 is 0. The van der Waals surface area contributed by atoms with Gasteiger partial charge in [0.2, 0.25) is 5.91 Å². The van der Waals surface area contributed by atoms with E-state index in [1.807, 2.05) is 13.8 Å². The molecule has 0 aliphatic carbocycles. The Morgan fingerprint density at radius 3 is 2.43 bits per heavy atom. The van der Waals surface area contributed by atoms with Crippen molar-refractivity contribution in [2.75, 3.05) is 18.0 Å². The van der Waals surface area contributed by atoms with Gasteiger partial charge in [-0.2, -0.15) is 0 Å². The third kappa shape index (κ3) is 5.81. The van der Waals surface area contributed by atoms with Crippen LogP contribution in [0.1, 0.15) is 20.8 Å². The summed E-state index contributed by atoms with van der Waals surface area (Å²) in [5, 5.41) is 6.21. The van der Waals surface area contributed by atoms with Crippen molar-refractivity contribution in [3.05, 3.63) is 28.2 Å². The zero-order valence-electron chi connectivity index (χ0n) is 12.2. The summed E-state index contributed by atoms with van der Waals surface area (Å²) in [7, 11) is 0. The van der Waals surface area contributed by atoms with E-state index in [-0.39, 0.29) is 18.0 Å². The molecule has 2 N–H and O–H groups in total. The molecule has 0 bridgehead atoms. The lowest BCUT2D eigenvalue weighted by atomic mass is 10.2. The van der Waals surface area contributed by atoms with Crippen LogP contribution in [0.5, 0.6) is 0 Å². The van der Waals surface area contributed by atoms with Crippen LogP contribution >= 0.6 is 23.2 Å². The SMILES string of the molecule is CC(=O)N(CCNC(=O)NC(C)C)c1ccc(Cl)c(Cl)c1. The van der Waals surface area contributed by atoms with Gasteiger partial charge in [-0.1, -0.05) is 23.2 Å². The van der Waals surface area contributed by atoms with E-state index in [1.54, 1.807) is 18.2 Å². The highest BCUT2D eigenvalue weighted by Crippen LogP contribution is 2.27. The number of rotatable bonds is 5. The Bertz CT molecular complexity index is 521. The molecule has 0 heterocycles. The van der Waals surface area contributed by atoms with Gasteiger partial charge in [0.25, 0.3) is 0 Å². The van der Waals surface area contributed by atoms with Gasteiger partial charge in [-0.25, -0.2) is 4.79 Å². The summed E-state index contributed by atoms with van der Waals surface area (Å²) in [5.74, 6) is -0.139. The minimum absolute atomic E-state index is 0.0592. The van der Waals surface area contributed by atoms with Crippen molar-refractivity contribution in [1.29, 1.82) is 0 Å². The Kier molecular flexibility index (Phi) is 6.78. The highest BCUT2D eigenvalue weighted by atomic mass is 35.5. The van der Waals surface area contributed by atoms with E-state index in [0.29, 0.717) is 28.8 Å².